The van der Waals surface area contributed by atoms with Crippen molar-refractivity contribution in [1.29, 1.82) is 0 Å². The van der Waals surface area contributed by atoms with Gasteiger partial charge in [-0.2, -0.15) is 9.37 Å². The maximum absolute atomic E-state index is 13.3. The van der Waals surface area contributed by atoms with Crippen molar-refractivity contribution >= 4 is 50.3 Å². The van der Waals surface area contributed by atoms with E-state index in [2.05, 4.69) is 19.9 Å². The van der Waals surface area contributed by atoms with Crippen molar-refractivity contribution in [3.63, 3.8) is 0 Å². The van der Waals surface area contributed by atoms with Gasteiger partial charge in [0.1, 0.15) is 5.82 Å². The van der Waals surface area contributed by atoms with Crippen LogP contribution in [0.2, 0.25) is 10.0 Å². The van der Waals surface area contributed by atoms with Crippen molar-refractivity contribution in [1.82, 2.24) is 19.9 Å². The second-order valence-electron chi connectivity index (χ2n) is 6.53. The predicted octanol–water partition coefficient (Wildman–Crippen LogP) is 3.57. The number of nitrogens with zero attached hydrogens (tertiary/aromatic N) is 4. The maximum Gasteiger partial charge on any atom is 0.215 e. The molecule has 1 aliphatic rings. The van der Waals surface area contributed by atoms with E-state index in [4.69, 9.17) is 23.2 Å². The number of aromatic nitrogens is 3. The Morgan fingerprint density at radius 2 is 2.11 bits per heavy atom. The van der Waals surface area contributed by atoms with Gasteiger partial charge in [0.05, 0.1) is 28.9 Å². The fourth-order valence-corrected chi connectivity index (χ4v) is 4.51. The van der Waals surface area contributed by atoms with Gasteiger partial charge in [0, 0.05) is 22.8 Å². The van der Waals surface area contributed by atoms with E-state index in [9.17, 15) is 8.60 Å². The highest BCUT2D eigenvalue weighted by molar-refractivity contribution is 7.99. The zero-order chi connectivity index (χ0) is 19.8. The molecule has 146 valence electrons. The number of hydrogen-bond donors (Lipinski definition) is 1. The molecule has 4 rings (SSSR count). The topological polar surface area (TPSA) is 74.2 Å². The third-order valence-corrected chi connectivity index (χ3v) is 5.89. The zero-order valence-electron chi connectivity index (χ0n) is 14.8. The number of hydrogen-bond acceptors (Lipinski definition) is 5. The van der Waals surface area contributed by atoms with E-state index in [1.807, 2.05) is 11.0 Å². The summed E-state index contributed by atoms with van der Waals surface area (Å²) >= 11 is 12.2. The van der Waals surface area contributed by atoms with Crippen LogP contribution in [0.4, 0.5) is 4.39 Å². The van der Waals surface area contributed by atoms with Gasteiger partial charge in [0.25, 0.3) is 0 Å². The fourth-order valence-electron chi connectivity index (χ4n) is 3.23. The summed E-state index contributed by atoms with van der Waals surface area (Å²) in [6.45, 7) is 0.952. The van der Waals surface area contributed by atoms with Crippen LogP contribution in [0.25, 0.3) is 11.2 Å². The van der Waals surface area contributed by atoms with Crippen molar-refractivity contribution in [3.05, 3.63) is 57.7 Å². The molecule has 0 bridgehead atoms. The van der Waals surface area contributed by atoms with Gasteiger partial charge in [-0.25, -0.2) is 4.98 Å². The summed E-state index contributed by atoms with van der Waals surface area (Å²) in [5.41, 5.74) is 1.90. The first-order valence-electron chi connectivity index (χ1n) is 8.50. The minimum Gasteiger partial charge on any atom is -0.340 e. The van der Waals surface area contributed by atoms with Crippen LogP contribution >= 0.6 is 23.2 Å². The summed E-state index contributed by atoms with van der Waals surface area (Å²) in [5, 5.41) is 1.68. The van der Waals surface area contributed by atoms with Gasteiger partial charge in [0.2, 0.25) is 5.95 Å². The summed E-state index contributed by atoms with van der Waals surface area (Å²) < 4.78 is 25.5. The quantitative estimate of drug-likeness (QED) is 0.630. The van der Waals surface area contributed by atoms with Crippen LogP contribution in [0.1, 0.15) is 11.4 Å². The average Bonchev–Trinajstić information content (AvgIpc) is 3.20. The summed E-state index contributed by atoms with van der Waals surface area (Å²) in [6.07, 6.45) is 2.21. The van der Waals surface area contributed by atoms with Gasteiger partial charge >= 0.3 is 0 Å². The van der Waals surface area contributed by atoms with Crippen LogP contribution in [0.15, 0.2) is 35.3 Å². The van der Waals surface area contributed by atoms with Gasteiger partial charge in [-0.1, -0.05) is 29.3 Å². The van der Waals surface area contributed by atoms with E-state index in [0.717, 1.165) is 5.56 Å². The smallest absolute Gasteiger partial charge is 0.215 e. The Morgan fingerprint density at radius 3 is 2.86 bits per heavy atom. The molecule has 10 heteroatoms. The van der Waals surface area contributed by atoms with Gasteiger partial charge in [-0.3, -0.25) is 9.20 Å². The molecule has 1 aromatic carbocycles. The lowest BCUT2D eigenvalue weighted by atomic mass is 10.1. The zero-order valence-corrected chi connectivity index (χ0v) is 17.2. The van der Waals surface area contributed by atoms with E-state index in [1.54, 1.807) is 24.5 Å². The van der Waals surface area contributed by atoms with Gasteiger partial charge in [0.15, 0.2) is 10.8 Å². The minimum atomic E-state index is -1.25. The molecule has 0 fully saturated rings. The Bertz CT molecular complexity index is 1100. The number of pyridine rings is 1. The highest BCUT2D eigenvalue weighted by atomic mass is 35.5. The molecule has 3 heterocycles. The second-order valence-corrected chi connectivity index (χ2v) is 8.65. The standard InChI is InChI=1S/C18H16Cl2FN5OS/c1-28(27)18-22-12(6-10-2-3-11(19)7-13(10)20)8-26(18)9-16-23-14-4-5-15(21)24-17(14)25-16/h2-5,7,12H,6,8-9H2,1H3,(H,23,24,25). The molecule has 6 nitrogen and oxygen atoms in total. The number of aliphatic imine (C=N–C) groups is 1. The second kappa shape index (κ2) is 7.77. The number of aromatic amines is 1. The Balaban J connectivity index is 1.53. The minimum absolute atomic E-state index is 0.0856. The third kappa shape index (κ3) is 4.04. The van der Waals surface area contributed by atoms with Crippen molar-refractivity contribution in [2.24, 2.45) is 4.99 Å². The van der Waals surface area contributed by atoms with Gasteiger partial charge in [-0.05, 0) is 36.2 Å². The van der Waals surface area contributed by atoms with Crippen LogP contribution in [0.5, 0.6) is 0 Å². The maximum atomic E-state index is 13.3. The number of H-pyrrole nitrogens is 1. The normalized spacial score (nSPS) is 17.9. The molecule has 0 saturated carbocycles. The molecule has 1 aliphatic heterocycles. The molecule has 0 aliphatic carbocycles. The first-order chi connectivity index (χ1) is 13.4. The van der Waals surface area contributed by atoms with Gasteiger partial charge in [-0.15, -0.1) is 0 Å². The molecular formula is C18H16Cl2FN5OS. The van der Waals surface area contributed by atoms with Crippen LogP contribution in [0.3, 0.4) is 0 Å². The summed E-state index contributed by atoms with van der Waals surface area (Å²) in [4.78, 5) is 17.8. The lowest BCUT2D eigenvalue weighted by molar-refractivity contribution is 0.412. The molecule has 0 saturated heterocycles. The van der Waals surface area contributed by atoms with E-state index >= 15 is 0 Å². The molecule has 1 N–H and O–H groups in total. The molecule has 0 spiro atoms. The number of nitrogens with one attached hydrogen (secondary N) is 1. The largest absolute Gasteiger partial charge is 0.340 e. The Labute approximate surface area is 173 Å². The summed E-state index contributed by atoms with van der Waals surface area (Å²) in [5.74, 6) is 0.0277. The van der Waals surface area contributed by atoms with Gasteiger partial charge < -0.3 is 9.88 Å². The molecule has 3 aromatic rings. The Morgan fingerprint density at radius 1 is 1.29 bits per heavy atom. The molecule has 28 heavy (non-hydrogen) atoms. The average molecular weight is 440 g/mol. The Kier molecular flexibility index (Phi) is 5.35. The lowest BCUT2D eigenvalue weighted by Crippen LogP contribution is -2.31. The predicted molar refractivity (Wildman–Crippen MR) is 110 cm³/mol. The van der Waals surface area contributed by atoms with E-state index in [1.165, 1.54) is 6.07 Å². The first kappa shape index (κ1) is 19.3. The lowest BCUT2D eigenvalue weighted by Gasteiger charge is -2.18. The van der Waals surface area contributed by atoms with Crippen LogP contribution < -0.4 is 0 Å². The summed E-state index contributed by atoms with van der Waals surface area (Å²) in [6, 6.07) is 8.16. The number of halogens is 3. The number of fused-ring (bicyclic) bond motifs is 1. The highest BCUT2D eigenvalue weighted by Crippen LogP contribution is 2.25. The number of imidazole rings is 1. The van der Waals surface area contributed by atoms with Crippen molar-refractivity contribution in [2.45, 2.75) is 19.0 Å². The van der Waals surface area contributed by atoms with E-state index < -0.39 is 16.7 Å². The van der Waals surface area contributed by atoms with Crippen LogP contribution in [-0.4, -0.2) is 48.1 Å². The fraction of sp³-hybridized carbons (Fsp3) is 0.278. The molecule has 0 amide bonds. The van der Waals surface area contributed by atoms with Crippen molar-refractivity contribution < 1.29 is 8.60 Å². The van der Waals surface area contributed by atoms with Crippen molar-refractivity contribution in [3.8, 4) is 0 Å². The number of amidine groups is 1. The van der Waals surface area contributed by atoms with Crippen LogP contribution in [0, 0.1) is 5.95 Å². The van der Waals surface area contributed by atoms with Crippen molar-refractivity contribution in [2.75, 3.05) is 12.8 Å². The molecule has 2 aromatic heterocycles. The summed E-state index contributed by atoms with van der Waals surface area (Å²) in [7, 11) is -1.25. The number of rotatable bonds is 4. The SMILES string of the molecule is CS(=O)C1=NC(Cc2ccc(Cl)cc2Cl)CN1Cc1nc2nc(F)ccc2[nH]1. The molecule has 2 atom stereocenters. The number of benzene rings is 1. The molecule has 2 unspecified atom stereocenters. The molecular weight excluding hydrogens is 424 g/mol. The first-order valence-corrected chi connectivity index (χ1v) is 10.8. The Hall–Kier alpha value is -2.03. The van der Waals surface area contributed by atoms with Crippen LogP contribution in [-0.2, 0) is 23.8 Å². The molecule has 0 radical (unpaired) electrons. The monoisotopic (exact) mass is 439 g/mol. The van der Waals surface area contributed by atoms with E-state index in [-0.39, 0.29) is 6.04 Å². The highest BCUT2D eigenvalue weighted by Gasteiger charge is 2.29. The third-order valence-electron chi connectivity index (χ3n) is 4.42. The van der Waals surface area contributed by atoms with E-state index in [0.29, 0.717) is 51.7 Å².